The van der Waals surface area contributed by atoms with E-state index < -0.39 is 0 Å². The van der Waals surface area contributed by atoms with Gasteiger partial charge < -0.3 is 5.73 Å². The Hall–Kier alpha value is -0.850. The first-order valence-electron chi connectivity index (χ1n) is 3.79. The second kappa shape index (κ2) is 3.26. The van der Waals surface area contributed by atoms with Crippen LogP contribution in [0.15, 0.2) is 11.4 Å². The predicted molar refractivity (Wildman–Crippen MR) is 51.1 cm³/mol. The molecule has 0 atom stereocenters. The molecule has 3 heteroatoms. The van der Waals surface area contributed by atoms with Crippen LogP contribution in [0.1, 0.15) is 24.3 Å². The molecule has 0 saturated carbocycles. The fourth-order valence-corrected chi connectivity index (χ4v) is 1.82. The summed E-state index contributed by atoms with van der Waals surface area (Å²) < 4.78 is 0. The fraction of sp³-hybridized carbons (Fsp3) is 0.444. The van der Waals surface area contributed by atoms with Gasteiger partial charge in [0.05, 0.1) is 5.56 Å². The van der Waals surface area contributed by atoms with E-state index in [1.807, 2.05) is 11.4 Å². The third-order valence-electron chi connectivity index (χ3n) is 1.91. The molecule has 0 aliphatic carbocycles. The largest absolute Gasteiger partial charge is 0.330 e. The Morgan fingerprint density at radius 1 is 1.67 bits per heavy atom. The summed E-state index contributed by atoms with van der Waals surface area (Å²) in [4.78, 5) is 1.18. The number of hydrogen-bond acceptors (Lipinski definition) is 3. The number of thiophene rings is 1. The van der Waals surface area contributed by atoms with Gasteiger partial charge >= 0.3 is 0 Å². The molecule has 64 valence electrons. The van der Waals surface area contributed by atoms with Crippen molar-refractivity contribution in [2.24, 2.45) is 5.73 Å². The molecule has 1 heterocycles. The van der Waals surface area contributed by atoms with E-state index in [0.717, 1.165) is 5.56 Å². The number of nitrogens with zero attached hydrogens (tertiary/aromatic N) is 1. The van der Waals surface area contributed by atoms with Crippen LogP contribution in [0.4, 0.5) is 0 Å². The van der Waals surface area contributed by atoms with Gasteiger partial charge in [-0.1, -0.05) is 13.8 Å². The van der Waals surface area contributed by atoms with E-state index in [9.17, 15) is 0 Å². The van der Waals surface area contributed by atoms with E-state index in [1.54, 1.807) is 11.3 Å². The normalized spacial score (nSPS) is 11.2. The molecular weight excluding hydrogens is 168 g/mol. The molecule has 0 aliphatic heterocycles. The second-order valence-electron chi connectivity index (χ2n) is 3.40. The fourth-order valence-electron chi connectivity index (χ4n) is 0.850. The summed E-state index contributed by atoms with van der Waals surface area (Å²) in [5, 5.41) is 10.5. The van der Waals surface area contributed by atoms with Gasteiger partial charge in [-0.3, -0.25) is 0 Å². The first kappa shape index (κ1) is 9.24. The Morgan fingerprint density at radius 2 is 2.33 bits per heavy atom. The molecule has 0 saturated heterocycles. The highest BCUT2D eigenvalue weighted by Gasteiger charge is 2.20. The van der Waals surface area contributed by atoms with Crippen molar-refractivity contribution in [1.29, 1.82) is 5.26 Å². The van der Waals surface area contributed by atoms with Gasteiger partial charge in [0.2, 0.25) is 0 Å². The first-order valence-corrected chi connectivity index (χ1v) is 4.67. The van der Waals surface area contributed by atoms with Crippen molar-refractivity contribution in [3.63, 3.8) is 0 Å². The van der Waals surface area contributed by atoms with Gasteiger partial charge in [-0.25, -0.2) is 0 Å². The molecule has 1 aromatic rings. The van der Waals surface area contributed by atoms with Gasteiger partial charge in [0.25, 0.3) is 0 Å². The van der Waals surface area contributed by atoms with Crippen LogP contribution in [0, 0.1) is 11.3 Å². The zero-order valence-electron chi connectivity index (χ0n) is 7.29. The monoisotopic (exact) mass is 180 g/mol. The van der Waals surface area contributed by atoms with E-state index in [0.29, 0.717) is 6.54 Å². The van der Waals surface area contributed by atoms with E-state index >= 15 is 0 Å². The van der Waals surface area contributed by atoms with Crippen molar-refractivity contribution < 1.29 is 0 Å². The van der Waals surface area contributed by atoms with Gasteiger partial charge in [0.1, 0.15) is 6.07 Å². The van der Waals surface area contributed by atoms with E-state index in [1.165, 1.54) is 4.88 Å². The van der Waals surface area contributed by atoms with Gasteiger partial charge in [-0.05, 0) is 6.07 Å². The van der Waals surface area contributed by atoms with Crippen LogP contribution in [0.3, 0.4) is 0 Å². The standard InChI is InChI=1S/C9H12N2S/c1-9(2,6-11)8-3-7(4-10)5-12-8/h3,5H,6,11H2,1-2H3. The topological polar surface area (TPSA) is 49.8 Å². The van der Waals surface area contributed by atoms with E-state index in [4.69, 9.17) is 11.0 Å². The van der Waals surface area contributed by atoms with Crippen LogP contribution in [0.25, 0.3) is 0 Å². The lowest BCUT2D eigenvalue weighted by atomic mass is 9.91. The number of rotatable bonds is 2. The summed E-state index contributed by atoms with van der Waals surface area (Å²) >= 11 is 1.60. The highest BCUT2D eigenvalue weighted by Crippen LogP contribution is 2.27. The summed E-state index contributed by atoms with van der Waals surface area (Å²) in [6, 6.07) is 4.03. The number of nitriles is 1. The molecule has 0 bridgehead atoms. The lowest BCUT2D eigenvalue weighted by molar-refractivity contribution is 0.550. The average Bonchev–Trinajstić information content (AvgIpc) is 2.52. The number of hydrogen-bond donors (Lipinski definition) is 1. The van der Waals surface area contributed by atoms with Crippen molar-refractivity contribution >= 4 is 11.3 Å². The SMILES string of the molecule is CC(C)(CN)c1cc(C#N)cs1. The molecule has 0 spiro atoms. The molecule has 0 aliphatic rings. The van der Waals surface area contributed by atoms with Gasteiger partial charge in [0, 0.05) is 22.2 Å². The third-order valence-corrected chi connectivity index (χ3v) is 3.20. The van der Waals surface area contributed by atoms with Crippen LogP contribution in [-0.2, 0) is 5.41 Å². The van der Waals surface area contributed by atoms with Crippen molar-refractivity contribution in [2.75, 3.05) is 6.54 Å². The molecule has 2 N–H and O–H groups in total. The maximum Gasteiger partial charge on any atom is 0.100 e. The van der Waals surface area contributed by atoms with Gasteiger partial charge in [0.15, 0.2) is 0 Å². The smallest absolute Gasteiger partial charge is 0.100 e. The Balaban J connectivity index is 2.98. The number of nitrogens with two attached hydrogens (primary N) is 1. The minimum Gasteiger partial charge on any atom is -0.330 e. The Bertz CT molecular complexity index is 307. The minimum atomic E-state index is -0.000231. The summed E-state index contributed by atoms with van der Waals surface area (Å²) in [6.07, 6.45) is 0. The molecule has 0 amide bonds. The van der Waals surface area contributed by atoms with Crippen molar-refractivity contribution in [3.05, 3.63) is 21.9 Å². The Kier molecular flexibility index (Phi) is 2.51. The molecule has 0 aromatic carbocycles. The molecule has 1 aromatic heterocycles. The third kappa shape index (κ3) is 1.66. The Morgan fingerprint density at radius 3 is 2.75 bits per heavy atom. The molecule has 0 radical (unpaired) electrons. The lowest BCUT2D eigenvalue weighted by Gasteiger charge is -2.19. The van der Waals surface area contributed by atoms with Crippen molar-refractivity contribution in [3.8, 4) is 6.07 Å². The van der Waals surface area contributed by atoms with Crippen LogP contribution < -0.4 is 5.73 Å². The quantitative estimate of drug-likeness (QED) is 0.755. The lowest BCUT2D eigenvalue weighted by Crippen LogP contribution is -2.26. The second-order valence-corrected chi connectivity index (χ2v) is 4.31. The Labute approximate surface area is 76.6 Å². The predicted octanol–water partition coefficient (Wildman–Crippen LogP) is 1.86. The summed E-state index contributed by atoms with van der Waals surface area (Å²) in [5.41, 5.74) is 6.35. The summed E-state index contributed by atoms with van der Waals surface area (Å²) in [6.45, 7) is 4.78. The molecule has 0 unspecified atom stereocenters. The van der Waals surface area contributed by atoms with Crippen molar-refractivity contribution in [2.45, 2.75) is 19.3 Å². The van der Waals surface area contributed by atoms with Gasteiger partial charge in [-0.15, -0.1) is 11.3 Å². The first-order chi connectivity index (χ1) is 5.60. The minimum absolute atomic E-state index is 0.000231. The highest BCUT2D eigenvalue weighted by atomic mass is 32.1. The summed E-state index contributed by atoms with van der Waals surface area (Å²) in [7, 11) is 0. The summed E-state index contributed by atoms with van der Waals surface area (Å²) in [5.74, 6) is 0. The van der Waals surface area contributed by atoms with Crippen LogP contribution in [0.2, 0.25) is 0 Å². The zero-order chi connectivity index (χ0) is 9.19. The highest BCUT2D eigenvalue weighted by molar-refractivity contribution is 7.10. The average molecular weight is 180 g/mol. The molecular formula is C9H12N2S. The van der Waals surface area contributed by atoms with Gasteiger partial charge in [-0.2, -0.15) is 5.26 Å². The molecule has 1 rings (SSSR count). The van der Waals surface area contributed by atoms with Crippen molar-refractivity contribution in [1.82, 2.24) is 0 Å². The van der Waals surface area contributed by atoms with Crippen LogP contribution >= 0.6 is 11.3 Å². The van der Waals surface area contributed by atoms with Crippen LogP contribution in [0.5, 0.6) is 0 Å². The zero-order valence-corrected chi connectivity index (χ0v) is 8.11. The van der Waals surface area contributed by atoms with E-state index in [-0.39, 0.29) is 5.41 Å². The maximum absolute atomic E-state index is 8.61. The van der Waals surface area contributed by atoms with Crippen LogP contribution in [-0.4, -0.2) is 6.54 Å². The maximum atomic E-state index is 8.61. The molecule has 0 fully saturated rings. The molecule has 2 nitrogen and oxygen atoms in total. The molecule has 12 heavy (non-hydrogen) atoms. The van der Waals surface area contributed by atoms with E-state index in [2.05, 4.69) is 19.9 Å².